The fourth-order valence-electron chi connectivity index (χ4n) is 4.24. The molecular formula is C20H28N4O2S. The Balaban J connectivity index is 1.59. The number of carbonyl (C=O) groups excluding carboxylic acids is 1. The first-order valence-electron chi connectivity index (χ1n) is 10.1. The number of thiophene rings is 1. The first kappa shape index (κ1) is 18.5. The zero-order valence-electron chi connectivity index (χ0n) is 16.1. The summed E-state index contributed by atoms with van der Waals surface area (Å²) in [7, 11) is 0. The van der Waals surface area contributed by atoms with E-state index in [1.165, 1.54) is 30.6 Å². The molecule has 1 atom stereocenters. The van der Waals surface area contributed by atoms with Crippen LogP contribution in [0.5, 0.6) is 0 Å². The average molecular weight is 389 g/mol. The second-order valence-corrected chi connectivity index (χ2v) is 9.09. The lowest BCUT2D eigenvalue weighted by Gasteiger charge is -2.22. The topological polar surface area (TPSA) is 76.0 Å². The molecule has 0 aromatic carbocycles. The molecule has 1 fully saturated rings. The van der Waals surface area contributed by atoms with Crippen molar-refractivity contribution in [1.29, 1.82) is 0 Å². The molecule has 1 aliphatic carbocycles. The van der Waals surface area contributed by atoms with E-state index in [-0.39, 0.29) is 17.6 Å². The summed E-state index contributed by atoms with van der Waals surface area (Å²) in [5, 5.41) is 7.43. The molecule has 4 rings (SSSR count). The molecule has 0 bridgehead atoms. The van der Waals surface area contributed by atoms with Crippen molar-refractivity contribution < 1.29 is 4.79 Å². The molecule has 1 saturated carbocycles. The minimum atomic E-state index is -0.174. The predicted octanol–water partition coefficient (Wildman–Crippen LogP) is 4.19. The normalized spacial score (nSPS) is 20.9. The second-order valence-electron chi connectivity index (χ2n) is 8.09. The number of hydrogen-bond donors (Lipinski definition) is 2. The van der Waals surface area contributed by atoms with Gasteiger partial charge < -0.3 is 5.32 Å². The highest BCUT2D eigenvalue weighted by Crippen LogP contribution is 2.33. The molecular weight excluding hydrogens is 360 g/mol. The maximum absolute atomic E-state index is 13.1. The SMILES string of the molecule is Cc1c(NC(=O)NC2CCCCC2)sc2nc3n(c(=O)c12)CC[C@@H](C)CC3. The van der Waals surface area contributed by atoms with Crippen molar-refractivity contribution in [2.45, 2.75) is 77.8 Å². The summed E-state index contributed by atoms with van der Waals surface area (Å²) in [5.74, 6) is 1.50. The fraction of sp³-hybridized carbons (Fsp3) is 0.650. The van der Waals surface area contributed by atoms with Gasteiger partial charge in [0, 0.05) is 19.0 Å². The van der Waals surface area contributed by atoms with Crippen molar-refractivity contribution in [1.82, 2.24) is 14.9 Å². The van der Waals surface area contributed by atoms with Gasteiger partial charge >= 0.3 is 6.03 Å². The number of aryl methyl sites for hydroxylation is 2. The molecule has 1 aliphatic heterocycles. The summed E-state index contributed by atoms with van der Waals surface area (Å²) in [6.07, 6.45) is 8.63. The molecule has 2 amide bonds. The van der Waals surface area contributed by atoms with Crippen LogP contribution in [0.4, 0.5) is 9.80 Å². The molecule has 7 heteroatoms. The molecule has 27 heavy (non-hydrogen) atoms. The number of rotatable bonds is 2. The van der Waals surface area contributed by atoms with E-state index in [1.54, 1.807) is 0 Å². The van der Waals surface area contributed by atoms with Gasteiger partial charge in [0.25, 0.3) is 5.56 Å². The summed E-state index contributed by atoms with van der Waals surface area (Å²) < 4.78 is 1.84. The van der Waals surface area contributed by atoms with Gasteiger partial charge in [-0.15, -0.1) is 0 Å². The Labute approximate surface area is 163 Å². The van der Waals surface area contributed by atoms with Crippen molar-refractivity contribution in [3.63, 3.8) is 0 Å². The van der Waals surface area contributed by atoms with Crippen LogP contribution in [0.1, 0.15) is 63.3 Å². The molecule has 0 unspecified atom stereocenters. The molecule has 2 N–H and O–H groups in total. The van der Waals surface area contributed by atoms with E-state index in [9.17, 15) is 9.59 Å². The van der Waals surface area contributed by atoms with Crippen LogP contribution in [-0.4, -0.2) is 21.6 Å². The van der Waals surface area contributed by atoms with E-state index in [0.717, 1.165) is 59.9 Å². The lowest BCUT2D eigenvalue weighted by molar-refractivity contribution is 0.244. The third kappa shape index (κ3) is 3.74. The Hall–Kier alpha value is -1.89. The highest BCUT2D eigenvalue weighted by molar-refractivity contribution is 7.22. The standard InChI is InChI=1S/C20H28N4O2S/c1-12-8-9-15-22-18-16(19(25)24(15)11-10-12)13(2)17(27-18)23-20(26)21-14-6-4-3-5-7-14/h12,14H,3-11H2,1-2H3,(H2,21,23,26)/t12-/m0/s1. The fourth-order valence-corrected chi connectivity index (χ4v) is 5.33. The molecule has 3 heterocycles. The summed E-state index contributed by atoms with van der Waals surface area (Å²) in [6, 6.07) is 0.0854. The second kappa shape index (κ2) is 7.62. The summed E-state index contributed by atoms with van der Waals surface area (Å²) in [6.45, 7) is 4.88. The zero-order valence-corrected chi connectivity index (χ0v) is 17.0. The molecule has 2 aliphatic rings. The highest BCUT2D eigenvalue weighted by Gasteiger charge is 2.22. The van der Waals surface area contributed by atoms with Crippen LogP contribution in [0.3, 0.4) is 0 Å². The quantitative estimate of drug-likeness (QED) is 0.810. The Bertz CT molecular complexity index is 911. The molecule has 0 radical (unpaired) electrons. The highest BCUT2D eigenvalue weighted by atomic mass is 32.1. The number of hydrogen-bond acceptors (Lipinski definition) is 4. The Kier molecular flexibility index (Phi) is 5.21. The number of amides is 2. The van der Waals surface area contributed by atoms with E-state index < -0.39 is 0 Å². The third-order valence-electron chi connectivity index (χ3n) is 6.00. The van der Waals surface area contributed by atoms with Crippen LogP contribution in [0.25, 0.3) is 10.2 Å². The Morgan fingerprint density at radius 3 is 2.74 bits per heavy atom. The van der Waals surface area contributed by atoms with Crippen molar-refractivity contribution in [3.05, 3.63) is 21.7 Å². The van der Waals surface area contributed by atoms with E-state index in [4.69, 9.17) is 4.98 Å². The van der Waals surface area contributed by atoms with Gasteiger partial charge in [-0.1, -0.05) is 37.5 Å². The van der Waals surface area contributed by atoms with Gasteiger partial charge in [0.1, 0.15) is 15.7 Å². The largest absolute Gasteiger partial charge is 0.335 e. The van der Waals surface area contributed by atoms with Crippen LogP contribution in [-0.2, 0) is 13.0 Å². The van der Waals surface area contributed by atoms with E-state index in [2.05, 4.69) is 17.6 Å². The van der Waals surface area contributed by atoms with Crippen LogP contribution in [0, 0.1) is 12.8 Å². The van der Waals surface area contributed by atoms with Gasteiger partial charge in [-0.2, -0.15) is 0 Å². The lowest BCUT2D eigenvalue weighted by atomic mass is 9.96. The minimum absolute atomic E-state index is 0.0404. The average Bonchev–Trinajstić information content (AvgIpc) is 2.82. The van der Waals surface area contributed by atoms with Crippen LogP contribution in [0.15, 0.2) is 4.79 Å². The van der Waals surface area contributed by atoms with Gasteiger partial charge in [-0.05, 0) is 44.1 Å². The minimum Gasteiger partial charge on any atom is -0.335 e. The molecule has 0 spiro atoms. The summed E-state index contributed by atoms with van der Waals surface area (Å²) in [5.41, 5.74) is 0.873. The molecule has 6 nitrogen and oxygen atoms in total. The first-order valence-corrected chi connectivity index (χ1v) is 10.9. The molecule has 2 aromatic rings. The van der Waals surface area contributed by atoms with E-state index >= 15 is 0 Å². The maximum atomic E-state index is 13.1. The van der Waals surface area contributed by atoms with E-state index in [1.807, 2.05) is 11.5 Å². The number of nitrogens with zero attached hydrogens (tertiary/aromatic N) is 2. The Morgan fingerprint density at radius 1 is 1.19 bits per heavy atom. The third-order valence-corrected chi connectivity index (χ3v) is 7.10. The number of carbonyl (C=O) groups is 1. The van der Waals surface area contributed by atoms with E-state index in [0.29, 0.717) is 11.3 Å². The number of anilines is 1. The monoisotopic (exact) mass is 388 g/mol. The van der Waals surface area contributed by atoms with Gasteiger partial charge in [-0.3, -0.25) is 14.7 Å². The van der Waals surface area contributed by atoms with Gasteiger partial charge in [0.15, 0.2) is 0 Å². The summed E-state index contributed by atoms with van der Waals surface area (Å²) in [4.78, 5) is 31.0. The summed E-state index contributed by atoms with van der Waals surface area (Å²) >= 11 is 1.41. The number of urea groups is 1. The number of fused-ring (bicyclic) bond motifs is 2. The maximum Gasteiger partial charge on any atom is 0.320 e. The van der Waals surface area contributed by atoms with Crippen molar-refractivity contribution in [2.75, 3.05) is 5.32 Å². The van der Waals surface area contributed by atoms with Gasteiger partial charge in [-0.25, -0.2) is 9.78 Å². The number of nitrogens with one attached hydrogen (secondary N) is 2. The first-order chi connectivity index (χ1) is 13.0. The molecule has 2 aromatic heterocycles. The van der Waals surface area contributed by atoms with Crippen LogP contribution >= 0.6 is 11.3 Å². The van der Waals surface area contributed by atoms with Crippen molar-refractivity contribution in [2.24, 2.45) is 5.92 Å². The van der Waals surface area contributed by atoms with Gasteiger partial charge in [0.05, 0.1) is 5.39 Å². The van der Waals surface area contributed by atoms with Crippen molar-refractivity contribution in [3.8, 4) is 0 Å². The van der Waals surface area contributed by atoms with Crippen molar-refractivity contribution >= 4 is 32.6 Å². The zero-order chi connectivity index (χ0) is 19.0. The predicted molar refractivity (Wildman–Crippen MR) is 110 cm³/mol. The Morgan fingerprint density at radius 2 is 1.96 bits per heavy atom. The molecule has 146 valence electrons. The lowest BCUT2D eigenvalue weighted by Crippen LogP contribution is -2.38. The smallest absolute Gasteiger partial charge is 0.320 e. The van der Waals surface area contributed by atoms with Gasteiger partial charge in [0.2, 0.25) is 0 Å². The molecule has 0 saturated heterocycles. The van der Waals surface area contributed by atoms with Crippen LogP contribution < -0.4 is 16.2 Å². The van der Waals surface area contributed by atoms with Crippen LogP contribution in [0.2, 0.25) is 0 Å². The number of aromatic nitrogens is 2.